The molecule has 6 heteroatoms. The molecule has 1 aliphatic carbocycles. The zero-order chi connectivity index (χ0) is 19.8. The van der Waals surface area contributed by atoms with Crippen LogP contribution in [0.25, 0.3) is 11.0 Å². The molecule has 3 heterocycles. The van der Waals surface area contributed by atoms with Crippen molar-refractivity contribution < 1.29 is 0 Å². The molecule has 2 aliphatic rings. The van der Waals surface area contributed by atoms with Crippen LogP contribution in [-0.4, -0.2) is 52.1 Å². The third-order valence-electron chi connectivity index (χ3n) is 5.94. The van der Waals surface area contributed by atoms with E-state index < -0.39 is 0 Å². The van der Waals surface area contributed by atoms with E-state index in [4.69, 9.17) is 9.97 Å². The Bertz CT molecular complexity index is 1020. The van der Waals surface area contributed by atoms with Gasteiger partial charge >= 0.3 is 0 Å². The van der Waals surface area contributed by atoms with Crippen LogP contribution in [0.4, 0.5) is 11.6 Å². The quantitative estimate of drug-likeness (QED) is 0.722. The van der Waals surface area contributed by atoms with Gasteiger partial charge in [-0.25, -0.2) is 9.97 Å². The lowest BCUT2D eigenvalue weighted by molar-refractivity contribution is 0.249. The van der Waals surface area contributed by atoms with Gasteiger partial charge in [-0.15, -0.1) is 0 Å². The zero-order valence-corrected chi connectivity index (χ0v) is 17.2. The van der Waals surface area contributed by atoms with Gasteiger partial charge in [0, 0.05) is 45.0 Å². The van der Waals surface area contributed by atoms with Crippen LogP contribution in [0, 0.1) is 13.8 Å². The lowest BCUT2D eigenvalue weighted by atomic mass is 10.0. The maximum atomic E-state index is 4.93. The molecule has 0 bridgehead atoms. The van der Waals surface area contributed by atoms with E-state index in [9.17, 15) is 0 Å². The number of hydrogen-bond donors (Lipinski definition) is 1. The number of piperazine rings is 1. The van der Waals surface area contributed by atoms with Crippen molar-refractivity contribution >= 4 is 22.7 Å². The van der Waals surface area contributed by atoms with Gasteiger partial charge < -0.3 is 10.2 Å². The Kier molecular flexibility index (Phi) is 4.79. The van der Waals surface area contributed by atoms with Crippen LogP contribution in [0.3, 0.4) is 0 Å². The lowest BCUT2D eigenvalue weighted by Crippen LogP contribution is -2.46. The maximum absolute atomic E-state index is 4.93. The first-order valence-electron chi connectivity index (χ1n) is 10.6. The second-order valence-electron chi connectivity index (χ2n) is 8.37. The van der Waals surface area contributed by atoms with Gasteiger partial charge in [-0.1, -0.05) is 23.8 Å². The molecule has 1 aromatic carbocycles. The minimum Gasteiger partial charge on any atom is -0.364 e. The van der Waals surface area contributed by atoms with Crippen molar-refractivity contribution in [1.29, 1.82) is 0 Å². The summed E-state index contributed by atoms with van der Waals surface area (Å²) in [7, 11) is 0. The highest BCUT2D eigenvalue weighted by atomic mass is 15.3. The van der Waals surface area contributed by atoms with Crippen molar-refractivity contribution in [2.75, 3.05) is 36.4 Å². The molecule has 1 saturated heterocycles. The molecule has 29 heavy (non-hydrogen) atoms. The number of benzene rings is 1. The Hall–Kier alpha value is -2.73. The van der Waals surface area contributed by atoms with Crippen LogP contribution in [0.5, 0.6) is 0 Å². The smallest absolute Gasteiger partial charge is 0.172 e. The topological polar surface area (TPSA) is 57.2 Å². The number of rotatable bonds is 5. The highest BCUT2D eigenvalue weighted by Crippen LogP contribution is 2.31. The zero-order valence-electron chi connectivity index (χ0n) is 17.2. The fourth-order valence-corrected chi connectivity index (χ4v) is 3.96. The van der Waals surface area contributed by atoms with Gasteiger partial charge in [-0.3, -0.25) is 9.88 Å². The van der Waals surface area contributed by atoms with Crippen molar-refractivity contribution in [3.8, 4) is 0 Å². The normalized spacial score (nSPS) is 17.7. The van der Waals surface area contributed by atoms with Gasteiger partial charge in [0.05, 0.1) is 11.7 Å². The Morgan fingerprint density at radius 3 is 2.62 bits per heavy atom. The van der Waals surface area contributed by atoms with Crippen LogP contribution in [0.1, 0.15) is 29.5 Å². The molecule has 1 saturated carbocycles. The third kappa shape index (κ3) is 4.03. The van der Waals surface area contributed by atoms with Crippen molar-refractivity contribution in [1.82, 2.24) is 19.9 Å². The molecule has 3 aromatic rings. The average molecular weight is 389 g/mol. The monoisotopic (exact) mass is 388 g/mol. The molecular weight excluding hydrogens is 360 g/mol. The molecule has 0 atom stereocenters. The fourth-order valence-electron chi connectivity index (χ4n) is 3.96. The molecule has 0 amide bonds. The summed E-state index contributed by atoms with van der Waals surface area (Å²) < 4.78 is 0. The Morgan fingerprint density at radius 2 is 1.83 bits per heavy atom. The Labute approximate surface area is 172 Å². The number of aryl methyl sites for hydroxylation is 2. The van der Waals surface area contributed by atoms with Crippen LogP contribution >= 0.6 is 0 Å². The second-order valence-corrected chi connectivity index (χ2v) is 8.37. The first-order valence-corrected chi connectivity index (χ1v) is 10.6. The first-order chi connectivity index (χ1) is 14.2. The minimum atomic E-state index is 0.549. The minimum absolute atomic E-state index is 0.549. The van der Waals surface area contributed by atoms with Gasteiger partial charge in [0.25, 0.3) is 0 Å². The molecule has 5 rings (SSSR count). The van der Waals surface area contributed by atoms with Crippen LogP contribution < -0.4 is 10.2 Å². The van der Waals surface area contributed by atoms with Gasteiger partial charge in [-0.05, 0) is 43.9 Å². The van der Waals surface area contributed by atoms with E-state index in [0.29, 0.717) is 6.04 Å². The summed E-state index contributed by atoms with van der Waals surface area (Å²) in [5.74, 6) is 1.90. The third-order valence-corrected chi connectivity index (χ3v) is 5.94. The number of nitrogens with zero attached hydrogens (tertiary/aromatic N) is 5. The van der Waals surface area contributed by atoms with Crippen molar-refractivity contribution in [3.05, 3.63) is 53.3 Å². The SMILES string of the molecule is Cc1ccc(C)c(CN2CCN(c3nc4cnccc4nc3NC3CC3)CC2)c1. The van der Waals surface area contributed by atoms with E-state index in [2.05, 4.69) is 52.1 Å². The number of hydrogen-bond acceptors (Lipinski definition) is 6. The molecule has 2 aromatic heterocycles. The number of aromatic nitrogens is 3. The number of anilines is 2. The standard InChI is InChI=1S/C23H28N6/c1-16-3-4-17(2)18(13-16)15-28-9-11-29(12-10-28)23-22(25-19-5-6-19)26-20-7-8-24-14-21(20)27-23/h3-4,7-8,13-14,19H,5-6,9-12,15H2,1-2H3,(H,25,26). The Balaban J connectivity index is 1.33. The molecule has 0 radical (unpaired) electrons. The predicted molar refractivity (Wildman–Crippen MR) is 117 cm³/mol. The fraction of sp³-hybridized carbons (Fsp3) is 0.435. The molecule has 1 N–H and O–H groups in total. The van der Waals surface area contributed by atoms with Gasteiger partial charge in [-0.2, -0.15) is 0 Å². The van der Waals surface area contributed by atoms with Crippen molar-refractivity contribution in [3.63, 3.8) is 0 Å². The predicted octanol–water partition coefficient (Wildman–Crippen LogP) is 3.54. The van der Waals surface area contributed by atoms with E-state index in [-0.39, 0.29) is 0 Å². The molecule has 6 nitrogen and oxygen atoms in total. The first kappa shape index (κ1) is 18.3. The summed E-state index contributed by atoms with van der Waals surface area (Å²) in [4.78, 5) is 19.0. The summed E-state index contributed by atoms with van der Waals surface area (Å²) in [5, 5.41) is 3.59. The van der Waals surface area contributed by atoms with Crippen LogP contribution in [0.15, 0.2) is 36.7 Å². The maximum Gasteiger partial charge on any atom is 0.172 e. The largest absolute Gasteiger partial charge is 0.364 e. The van der Waals surface area contributed by atoms with Crippen molar-refractivity contribution in [2.24, 2.45) is 0 Å². The van der Waals surface area contributed by atoms with E-state index >= 15 is 0 Å². The highest BCUT2D eigenvalue weighted by molar-refractivity contribution is 5.80. The van der Waals surface area contributed by atoms with Crippen LogP contribution in [-0.2, 0) is 6.54 Å². The molecule has 1 aliphatic heterocycles. The van der Waals surface area contributed by atoms with E-state index in [1.807, 2.05) is 12.3 Å². The summed E-state index contributed by atoms with van der Waals surface area (Å²) in [6.45, 7) is 9.38. The summed E-state index contributed by atoms with van der Waals surface area (Å²) in [6, 6.07) is 9.23. The highest BCUT2D eigenvalue weighted by Gasteiger charge is 2.27. The van der Waals surface area contributed by atoms with Crippen molar-refractivity contribution in [2.45, 2.75) is 39.3 Å². The number of nitrogens with one attached hydrogen (secondary N) is 1. The van der Waals surface area contributed by atoms with Gasteiger partial charge in [0.15, 0.2) is 11.6 Å². The molecule has 0 spiro atoms. The number of fused-ring (bicyclic) bond motifs is 1. The lowest BCUT2D eigenvalue weighted by Gasteiger charge is -2.36. The molecule has 0 unspecified atom stereocenters. The van der Waals surface area contributed by atoms with E-state index in [0.717, 1.165) is 55.4 Å². The summed E-state index contributed by atoms with van der Waals surface area (Å²) in [5.41, 5.74) is 5.91. The van der Waals surface area contributed by atoms with Gasteiger partial charge in [0.2, 0.25) is 0 Å². The molecule has 150 valence electrons. The van der Waals surface area contributed by atoms with E-state index in [1.165, 1.54) is 29.5 Å². The van der Waals surface area contributed by atoms with Gasteiger partial charge in [0.1, 0.15) is 5.52 Å². The molecule has 2 fully saturated rings. The number of pyridine rings is 1. The average Bonchev–Trinajstić information content (AvgIpc) is 3.55. The Morgan fingerprint density at radius 1 is 1.00 bits per heavy atom. The molecular formula is C23H28N6. The summed E-state index contributed by atoms with van der Waals surface area (Å²) >= 11 is 0. The second kappa shape index (κ2) is 7.59. The summed E-state index contributed by atoms with van der Waals surface area (Å²) in [6.07, 6.45) is 6.03. The van der Waals surface area contributed by atoms with E-state index in [1.54, 1.807) is 6.20 Å². The van der Waals surface area contributed by atoms with Crippen LogP contribution in [0.2, 0.25) is 0 Å².